The number of alkyl halides is 3. The molecule has 4 rings (SSSR count). The van der Waals surface area contributed by atoms with Crippen molar-refractivity contribution in [1.29, 1.82) is 5.26 Å². The highest BCUT2D eigenvalue weighted by molar-refractivity contribution is 8.00. The van der Waals surface area contributed by atoms with Crippen molar-refractivity contribution < 1.29 is 27.5 Å². The van der Waals surface area contributed by atoms with Crippen molar-refractivity contribution in [2.24, 2.45) is 0 Å². The first-order valence-electron chi connectivity index (χ1n) is 9.98. The molecule has 1 fully saturated rings. The van der Waals surface area contributed by atoms with Crippen LogP contribution in [0.4, 0.5) is 18.9 Å². The molecule has 0 spiro atoms. The van der Waals surface area contributed by atoms with Crippen LogP contribution in [0, 0.1) is 11.3 Å². The Morgan fingerprint density at radius 2 is 1.79 bits per heavy atom. The minimum atomic E-state index is -4.82. The van der Waals surface area contributed by atoms with Gasteiger partial charge in [-0.05, 0) is 42.5 Å². The largest absolute Gasteiger partial charge is 0.497 e. The maximum atomic E-state index is 13.8. The van der Waals surface area contributed by atoms with Gasteiger partial charge in [-0.15, -0.1) is 0 Å². The molecule has 172 valence electrons. The molecule has 2 aromatic carbocycles. The zero-order valence-electron chi connectivity index (χ0n) is 17.7. The number of pyridine rings is 1. The van der Waals surface area contributed by atoms with Crippen LogP contribution in [0.2, 0.25) is 0 Å². The standard InChI is InChI=1S/C24H16F3N3O3S/c1-33-16-9-7-14(8-10-16)19-11-18(24(25,26)27)17(13-28)22(29-19)34-20-12-21(31)30(23(20)32)15-5-3-2-4-6-15/h2-11,20H,12H2,1H3/t20-/m1/s1. The van der Waals surface area contributed by atoms with Crippen molar-refractivity contribution in [2.75, 3.05) is 12.0 Å². The number of imide groups is 1. The first-order chi connectivity index (χ1) is 16.2. The molecule has 0 radical (unpaired) electrons. The summed E-state index contributed by atoms with van der Waals surface area (Å²) < 4.78 is 46.6. The lowest BCUT2D eigenvalue weighted by Gasteiger charge is -2.17. The lowest BCUT2D eigenvalue weighted by atomic mass is 10.1. The van der Waals surface area contributed by atoms with E-state index in [0.717, 1.165) is 11.0 Å². The smallest absolute Gasteiger partial charge is 0.417 e. The Hall–Kier alpha value is -3.84. The average Bonchev–Trinajstić information content (AvgIpc) is 3.11. The summed E-state index contributed by atoms with van der Waals surface area (Å²) in [6.45, 7) is 0. The molecule has 2 heterocycles. The van der Waals surface area contributed by atoms with E-state index < -0.39 is 34.4 Å². The van der Waals surface area contributed by atoms with Crippen LogP contribution in [0.5, 0.6) is 5.75 Å². The number of carbonyl (C=O) groups excluding carboxylic acids is 2. The van der Waals surface area contributed by atoms with Gasteiger partial charge in [0, 0.05) is 12.0 Å². The lowest BCUT2D eigenvalue weighted by Crippen LogP contribution is -2.31. The highest BCUT2D eigenvalue weighted by Crippen LogP contribution is 2.41. The fourth-order valence-electron chi connectivity index (χ4n) is 3.53. The molecule has 3 aromatic rings. The number of para-hydroxylation sites is 1. The second-order valence-corrected chi connectivity index (χ2v) is 8.48. The third kappa shape index (κ3) is 4.47. The number of nitriles is 1. The maximum Gasteiger partial charge on any atom is 0.417 e. The molecule has 0 N–H and O–H groups in total. The second-order valence-electron chi connectivity index (χ2n) is 7.29. The van der Waals surface area contributed by atoms with Gasteiger partial charge in [0.15, 0.2) is 0 Å². The van der Waals surface area contributed by atoms with E-state index in [1.807, 2.05) is 0 Å². The Bertz CT molecular complexity index is 1290. The Labute approximate surface area is 197 Å². The summed E-state index contributed by atoms with van der Waals surface area (Å²) >= 11 is 0.689. The third-order valence-corrected chi connectivity index (χ3v) is 6.33. The van der Waals surface area contributed by atoms with Crippen molar-refractivity contribution in [3.05, 3.63) is 71.8 Å². The van der Waals surface area contributed by atoms with Crippen LogP contribution in [0.25, 0.3) is 11.3 Å². The molecule has 0 bridgehead atoms. The molecule has 1 atom stereocenters. The molecular weight excluding hydrogens is 467 g/mol. The van der Waals surface area contributed by atoms with Crippen LogP contribution in [0.1, 0.15) is 17.5 Å². The van der Waals surface area contributed by atoms with Crippen LogP contribution in [0.15, 0.2) is 65.7 Å². The van der Waals surface area contributed by atoms with Crippen LogP contribution < -0.4 is 9.64 Å². The number of nitrogens with zero attached hydrogens (tertiary/aromatic N) is 3. The molecule has 34 heavy (non-hydrogen) atoms. The van der Waals surface area contributed by atoms with Gasteiger partial charge in [0.1, 0.15) is 16.8 Å². The normalized spacial score (nSPS) is 16.0. The molecule has 1 aliphatic heterocycles. The number of rotatable bonds is 5. The topological polar surface area (TPSA) is 83.3 Å². The monoisotopic (exact) mass is 483 g/mol. The number of carbonyl (C=O) groups is 2. The van der Waals surface area contributed by atoms with Crippen molar-refractivity contribution in [3.8, 4) is 23.1 Å². The minimum absolute atomic E-state index is 0.0202. The highest BCUT2D eigenvalue weighted by Gasteiger charge is 2.42. The number of amides is 2. The first kappa shape index (κ1) is 23.3. The van der Waals surface area contributed by atoms with Crippen LogP contribution >= 0.6 is 11.8 Å². The SMILES string of the molecule is COc1ccc(-c2cc(C(F)(F)F)c(C#N)c(S[C@@H]3CC(=O)N(c4ccccc4)C3=O)n2)cc1. The van der Waals surface area contributed by atoms with Crippen molar-refractivity contribution in [2.45, 2.75) is 22.9 Å². The van der Waals surface area contributed by atoms with Crippen molar-refractivity contribution in [1.82, 2.24) is 4.98 Å². The van der Waals surface area contributed by atoms with Crippen LogP contribution in [0.3, 0.4) is 0 Å². The molecule has 10 heteroatoms. The number of methoxy groups -OCH3 is 1. The zero-order valence-corrected chi connectivity index (χ0v) is 18.5. The average molecular weight is 483 g/mol. The number of aromatic nitrogens is 1. The van der Waals surface area contributed by atoms with Crippen molar-refractivity contribution in [3.63, 3.8) is 0 Å². The van der Waals surface area contributed by atoms with Crippen LogP contribution in [-0.2, 0) is 15.8 Å². The molecule has 1 saturated heterocycles. The van der Waals surface area contributed by atoms with E-state index in [1.54, 1.807) is 60.7 Å². The molecular formula is C24H16F3N3O3S. The summed E-state index contributed by atoms with van der Waals surface area (Å²) in [4.78, 5) is 30.8. The summed E-state index contributed by atoms with van der Waals surface area (Å²) in [5, 5.41) is 8.26. The van der Waals surface area contributed by atoms with Crippen LogP contribution in [-0.4, -0.2) is 29.2 Å². The van der Waals surface area contributed by atoms with E-state index in [0.29, 0.717) is 28.8 Å². The quantitative estimate of drug-likeness (QED) is 0.471. The molecule has 2 amide bonds. The fourth-order valence-corrected chi connectivity index (χ4v) is 4.65. The Morgan fingerprint density at radius 3 is 2.38 bits per heavy atom. The highest BCUT2D eigenvalue weighted by atomic mass is 32.2. The summed E-state index contributed by atoms with van der Waals surface area (Å²) in [5.74, 6) is -0.538. The number of hydrogen-bond donors (Lipinski definition) is 0. The lowest BCUT2D eigenvalue weighted by molar-refractivity contribution is -0.138. The summed E-state index contributed by atoms with van der Waals surface area (Å²) in [6.07, 6.45) is -5.05. The van der Waals surface area contributed by atoms with Gasteiger partial charge in [-0.1, -0.05) is 30.0 Å². The Balaban J connectivity index is 1.75. The van der Waals surface area contributed by atoms with E-state index in [4.69, 9.17) is 4.74 Å². The molecule has 1 aromatic heterocycles. The summed E-state index contributed by atoms with van der Waals surface area (Å²) in [6, 6.07) is 16.9. The molecule has 0 unspecified atom stereocenters. The maximum absolute atomic E-state index is 13.8. The number of hydrogen-bond acceptors (Lipinski definition) is 6. The van der Waals surface area contributed by atoms with Gasteiger partial charge in [0.05, 0.1) is 34.9 Å². The number of anilines is 1. The van der Waals surface area contributed by atoms with Gasteiger partial charge < -0.3 is 4.74 Å². The van der Waals surface area contributed by atoms with E-state index in [2.05, 4.69) is 4.98 Å². The van der Waals surface area contributed by atoms with Gasteiger partial charge in [-0.25, -0.2) is 9.88 Å². The molecule has 6 nitrogen and oxygen atoms in total. The Kier molecular flexibility index (Phi) is 6.30. The molecule has 1 aliphatic rings. The fraction of sp³-hybridized carbons (Fsp3) is 0.167. The number of halogens is 3. The van der Waals surface area contributed by atoms with E-state index in [-0.39, 0.29) is 17.1 Å². The van der Waals surface area contributed by atoms with Gasteiger partial charge in [-0.2, -0.15) is 18.4 Å². The van der Waals surface area contributed by atoms with Gasteiger partial charge in [-0.3, -0.25) is 9.59 Å². The number of thioether (sulfide) groups is 1. The van der Waals surface area contributed by atoms with Crippen molar-refractivity contribution >= 4 is 29.3 Å². The zero-order chi connectivity index (χ0) is 24.5. The summed E-state index contributed by atoms with van der Waals surface area (Å²) in [5.41, 5.74) is -1.12. The predicted octanol–water partition coefficient (Wildman–Crippen LogP) is 5.07. The van der Waals surface area contributed by atoms with E-state index in [1.165, 1.54) is 7.11 Å². The summed E-state index contributed by atoms with van der Waals surface area (Å²) in [7, 11) is 1.46. The molecule has 0 aliphatic carbocycles. The van der Waals surface area contributed by atoms with E-state index >= 15 is 0 Å². The number of benzene rings is 2. The first-order valence-corrected chi connectivity index (χ1v) is 10.9. The van der Waals surface area contributed by atoms with E-state index in [9.17, 15) is 28.0 Å². The second kappa shape index (κ2) is 9.19. The number of ether oxygens (including phenoxy) is 1. The van der Waals surface area contributed by atoms with Gasteiger partial charge in [0.2, 0.25) is 11.8 Å². The third-order valence-electron chi connectivity index (χ3n) is 5.16. The molecule has 0 saturated carbocycles. The predicted molar refractivity (Wildman–Crippen MR) is 119 cm³/mol. The Morgan fingerprint density at radius 1 is 1.12 bits per heavy atom. The minimum Gasteiger partial charge on any atom is -0.497 e. The van der Waals surface area contributed by atoms with Gasteiger partial charge >= 0.3 is 6.18 Å². The van der Waals surface area contributed by atoms with Gasteiger partial charge in [0.25, 0.3) is 0 Å².